The van der Waals surface area contributed by atoms with Crippen molar-refractivity contribution in [3.63, 3.8) is 0 Å². The summed E-state index contributed by atoms with van der Waals surface area (Å²) in [5.41, 5.74) is 1.37. The Bertz CT molecular complexity index is 385. The molecule has 1 aromatic rings. The van der Waals surface area contributed by atoms with Gasteiger partial charge in [-0.1, -0.05) is 15.9 Å². The van der Waals surface area contributed by atoms with Crippen LogP contribution in [-0.4, -0.2) is 19.4 Å². The van der Waals surface area contributed by atoms with Crippen molar-refractivity contribution in [2.45, 2.75) is 6.92 Å². The van der Waals surface area contributed by atoms with Crippen molar-refractivity contribution >= 4 is 28.2 Å². The van der Waals surface area contributed by atoms with E-state index >= 15 is 0 Å². The van der Waals surface area contributed by atoms with E-state index in [9.17, 15) is 9.59 Å². The monoisotopic (exact) mass is 256 g/mol. The van der Waals surface area contributed by atoms with Crippen molar-refractivity contribution in [3.8, 4) is 0 Å². The lowest BCUT2D eigenvalue weighted by Gasteiger charge is -2.07. The first-order chi connectivity index (χ1) is 6.61. The van der Waals surface area contributed by atoms with Crippen molar-refractivity contribution in [1.82, 2.24) is 0 Å². The lowest BCUT2D eigenvalue weighted by atomic mass is 10.0. The minimum absolute atomic E-state index is 0.317. The van der Waals surface area contributed by atoms with Gasteiger partial charge in [0.1, 0.15) is 0 Å². The molecule has 0 saturated carbocycles. The summed E-state index contributed by atoms with van der Waals surface area (Å²) in [5, 5.41) is 0. The molecule has 0 atom stereocenters. The van der Waals surface area contributed by atoms with Gasteiger partial charge in [-0.25, -0.2) is 4.79 Å². The molecule has 0 bridgehead atoms. The molecule has 3 nitrogen and oxygen atoms in total. The van der Waals surface area contributed by atoms with E-state index in [1.165, 1.54) is 7.11 Å². The highest BCUT2D eigenvalue weighted by Crippen LogP contribution is 2.22. The highest BCUT2D eigenvalue weighted by atomic mass is 79.9. The van der Waals surface area contributed by atoms with E-state index in [-0.39, 0.29) is 0 Å². The molecule has 14 heavy (non-hydrogen) atoms. The van der Waals surface area contributed by atoms with E-state index in [0.717, 1.165) is 4.47 Å². The number of carbonyl (C=O) groups excluding carboxylic acids is 2. The van der Waals surface area contributed by atoms with Crippen LogP contribution in [0.5, 0.6) is 0 Å². The Hall–Kier alpha value is -1.16. The summed E-state index contributed by atoms with van der Waals surface area (Å²) in [5.74, 6) is -0.495. The number of aldehydes is 1. The number of hydrogen-bond donors (Lipinski definition) is 0. The highest BCUT2D eigenvalue weighted by Gasteiger charge is 2.16. The molecule has 0 amide bonds. The summed E-state index contributed by atoms with van der Waals surface area (Å²) in [6.07, 6.45) is 0.645. The first kappa shape index (κ1) is 10.9. The second-order valence-electron chi connectivity index (χ2n) is 2.75. The molecule has 0 spiro atoms. The zero-order valence-electron chi connectivity index (χ0n) is 7.83. The molecule has 0 N–H and O–H groups in total. The maximum Gasteiger partial charge on any atom is 0.338 e. The molecular formula is C10H9BrO3. The van der Waals surface area contributed by atoms with Crippen LogP contribution in [0, 0.1) is 6.92 Å². The van der Waals surface area contributed by atoms with E-state index in [2.05, 4.69) is 20.7 Å². The number of carbonyl (C=O) groups is 2. The fourth-order valence-electron chi connectivity index (χ4n) is 1.18. The fraction of sp³-hybridized carbons (Fsp3) is 0.200. The van der Waals surface area contributed by atoms with Crippen LogP contribution in [0.25, 0.3) is 0 Å². The number of rotatable bonds is 2. The second kappa shape index (κ2) is 4.37. The standard InChI is InChI=1S/C10H9BrO3/c1-6-8(11)4-3-7(5-12)9(6)10(13)14-2/h3-5H,1-2H3. The van der Waals surface area contributed by atoms with Gasteiger partial charge in [-0.15, -0.1) is 0 Å². The van der Waals surface area contributed by atoms with Crippen LogP contribution in [0.4, 0.5) is 0 Å². The Morgan fingerprint density at radius 3 is 2.64 bits per heavy atom. The average Bonchev–Trinajstić information content (AvgIpc) is 2.20. The quantitative estimate of drug-likeness (QED) is 0.603. The van der Waals surface area contributed by atoms with Gasteiger partial charge in [0, 0.05) is 10.0 Å². The summed E-state index contributed by atoms with van der Waals surface area (Å²) in [6, 6.07) is 3.31. The first-order valence-electron chi connectivity index (χ1n) is 3.94. The van der Waals surface area contributed by atoms with Crippen molar-refractivity contribution in [2.24, 2.45) is 0 Å². The van der Waals surface area contributed by atoms with Crippen LogP contribution in [0.1, 0.15) is 26.3 Å². The minimum atomic E-state index is -0.495. The molecule has 0 aliphatic rings. The first-order valence-corrected chi connectivity index (χ1v) is 4.73. The molecule has 0 radical (unpaired) electrons. The number of ether oxygens (including phenoxy) is 1. The summed E-state index contributed by atoms with van der Waals surface area (Å²) in [6.45, 7) is 1.75. The van der Waals surface area contributed by atoms with Gasteiger partial charge in [-0.3, -0.25) is 4.79 Å². The molecule has 0 heterocycles. The normalized spacial score (nSPS) is 9.64. The topological polar surface area (TPSA) is 43.4 Å². The summed E-state index contributed by atoms with van der Waals surface area (Å²) < 4.78 is 5.38. The number of methoxy groups -OCH3 is 1. The third-order valence-corrected chi connectivity index (χ3v) is 2.81. The molecule has 0 fully saturated rings. The number of halogens is 1. The van der Waals surface area contributed by atoms with Crippen molar-refractivity contribution in [1.29, 1.82) is 0 Å². The van der Waals surface area contributed by atoms with E-state index in [4.69, 9.17) is 0 Å². The number of esters is 1. The van der Waals surface area contributed by atoms with Gasteiger partial charge in [-0.05, 0) is 24.6 Å². The second-order valence-corrected chi connectivity index (χ2v) is 3.60. The largest absolute Gasteiger partial charge is 0.465 e. The van der Waals surface area contributed by atoms with Crippen LogP contribution in [0.2, 0.25) is 0 Å². The van der Waals surface area contributed by atoms with Gasteiger partial charge >= 0.3 is 5.97 Å². The van der Waals surface area contributed by atoms with Crippen LogP contribution in [-0.2, 0) is 4.74 Å². The Balaban J connectivity index is 3.42. The van der Waals surface area contributed by atoms with Crippen LogP contribution >= 0.6 is 15.9 Å². The summed E-state index contributed by atoms with van der Waals surface area (Å²) >= 11 is 3.28. The van der Waals surface area contributed by atoms with Crippen LogP contribution in [0.15, 0.2) is 16.6 Å². The van der Waals surface area contributed by atoms with E-state index in [1.807, 2.05) is 0 Å². The van der Waals surface area contributed by atoms with Gasteiger partial charge < -0.3 is 4.74 Å². The molecule has 0 aliphatic carbocycles. The lowest BCUT2D eigenvalue weighted by Crippen LogP contribution is -2.08. The number of hydrogen-bond acceptors (Lipinski definition) is 3. The van der Waals surface area contributed by atoms with Gasteiger partial charge in [-0.2, -0.15) is 0 Å². The molecule has 0 saturated heterocycles. The predicted octanol–water partition coefficient (Wildman–Crippen LogP) is 2.36. The third kappa shape index (κ3) is 1.85. The third-order valence-electron chi connectivity index (χ3n) is 1.95. The van der Waals surface area contributed by atoms with Crippen molar-refractivity contribution in [3.05, 3.63) is 33.3 Å². The minimum Gasteiger partial charge on any atom is -0.465 e. The Morgan fingerprint density at radius 1 is 1.50 bits per heavy atom. The lowest BCUT2D eigenvalue weighted by molar-refractivity contribution is 0.0597. The van der Waals surface area contributed by atoms with Crippen LogP contribution < -0.4 is 0 Å². The fourth-order valence-corrected chi connectivity index (χ4v) is 1.51. The van der Waals surface area contributed by atoms with E-state index in [1.54, 1.807) is 19.1 Å². The zero-order chi connectivity index (χ0) is 10.7. The van der Waals surface area contributed by atoms with Crippen molar-refractivity contribution in [2.75, 3.05) is 7.11 Å². The SMILES string of the molecule is COC(=O)c1c(C=O)ccc(Br)c1C. The molecule has 4 heteroatoms. The average molecular weight is 257 g/mol. The van der Waals surface area contributed by atoms with E-state index < -0.39 is 5.97 Å². The molecule has 1 aromatic carbocycles. The molecule has 0 aromatic heterocycles. The maximum absolute atomic E-state index is 11.4. The molecule has 0 aliphatic heterocycles. The number of benzene rings is 1. The van der Waals surface area contributed by atoms with Gasteiger partial charge in [0.05, 0.1) is 12.7 Å². The summed E-state index contributed by atoms with van der Waals surface area (Å²) in [7, 11) is 1.29. The smallest absolute Gasteiger partial charge is 0.338 e. The molecule has 1 rings (SSSR count). The van der Waals surface area contributed by atoms with Gasteiger partial charge in [0.15, 0.2) is 6.29 Å². The van der Waals surface area contributed by atoms with Crippen LogP contribution in [0.3, 0.4) is 0 Å². The van der Waals surface area contributed by atoms with E-state index in [0.29, 0.717) is 23.0 Å². The Kier molecular flexibility index (Phi) is 3.41. The predicted molar refractivity (Wildman–Crippen MR) is 55.6 cm³/mol. The highest BCUT2D eigenvalue weighted by molar-refractivity contribution is 9.10. The van der Waals surface area contributed by atoms with Gasteiger partial charge in [0.2, 0.25) is 0 Å². The molecule has 0 unspecified atom stereocenters. The summed E-state index contributed by atoms with van der Waals surface area (Å²) in [4.78, 5) is 22.1. The Labute approximate surface area is 90.2 Å². The zero-order valence-corrected chi connectivity index (χ0v) is 9.42. The van der Waals surface area contributed by atoms with Gasteiger partial charge in [0.25, 0.3) is 0 Å². The Morgan fingerprint density at radius 2 is 2.14 bits per heavy atom. The molecular weight excluding hydrogens is 248 g/mol. The molecule has 74 valence electrons. The van der Waals surface area contributed by atoms with Crippen molar-refractivity contribution < 1.29 is 14.3 Å². The maximum atomic E-state index is 11.4.